The molecule has 1 aliphatic rings. The monoisotopic (exact) mass is 305 g/mol. The molecule has 2 heterocycles. The third kappa shape index (κ3) is 3.20. The minimum Gasteiger partial charge on any atom is -0.481 e. The average Bonchev–Trinajstić information content (AvgIpc) is 2.72. The number of nitrogens with zero attached hydrogens (tertiary/aromatic N) is 3. The normalized spacial score (nSPS) is 15.3. The molecule has 0 amide bonds. The highest BCUT2D eigenvalue weighted by Gasteiger charge is 2.19. The molecule has 112 valence electrons. The second-order valence-electron chi connectivity index (χ2n) is 5.67. The quantitative estimate of drug-likeness (QED) is 0.831. The molecule has 0 radical (unpaired) electrons. The van der Waals surface area contributed by atoms with E-state index in [1.165, 1.54) is 31.0 Å². The maximum atomic E-state index is 10.8. The summed E-state index contributed by atoms with van der Waals surface area (Å²) in [6.45, 7) is 2.86. The van der Waals surface area contributed by atoms with Crippen LogP contribution < -0.4 is 0 Å². The Kier molecular flexibility index (Phi) is 4.14. The van der Waals surface area contributed by atoms with Crippen LogP contribution in [0, 0.1) is 12.8 Å². The molecule has 2 aromatic heterocycles. The number of hydrogen-bond acceptors (Lipinski definition) is 4. The molecule has 0 bridgehead atoms. The van der Waals surface area contributed by atoms with Crippen molar-refractivity contribution in [3.05, 3.63) is 17.8 Å². The predicted octanol–water partition coefficient (Wildman–Crippen LogP) is 3.11. The molecule has 1 saturated carbocycles. The summed E-state index contributed by atoms with van der Waals surface area (Å²) < 4.78 is 2.08. The Morgan fingerprint density at radius 1 is 1.52 bits per heavy atom. The first-order valence-electron chi connectivity index (χ1n) is 7.31. The largest absolute Gasteiger partial charge is 0.481 e. The van der Waals surface area contributed by atoms with Crippen LogP contribution in [0.1, 0.15) is 31.2 Å². The first-order chi connectivity index (χ1) is 10.1. The molecular formula is C15H19N3O2S. The van der Waals surface area contributed by atoms with Crippen molar-refractivity contribution in [2.45, 2.75) is 44.3 Å². The molecule has 3 rings (SSSR count). The van der Waals surface area contributed by atoms with E-state index in [1.807, 2.05) is 19.2 Å². The molecule has 21 heavy (non-hydrogen) atoms. The van der Waals surface area contributed by atoms with Crippen LogP contribution in [0.4, 0.5) is 0 Å². The Morgan fingerprint density at radius 2 is 2.33 bits per heavy atom. The number of carboxylic acids is 1. The van der Waals surface area contributed by atoms with Gasteiger partial charge < -0.3 is 9.67 Å². The number of imidazole rings is 1. The van der Waals surface area contributed by atoms with Crippen molar-refractivity contribution in [3.8, 4) is 0 Å². The van der Waals surface area contributed by atoms with Crippen molar-refractivity contribution in [2.24, 2.45) is 5.92 Å². The van der Waals surface area contributed by atoms with E-state index in [4.69, 9.17) is 5.11 Å². The minimum atomic E-state index is -0.818. The van der Waals surface area contributed by atoms with Gasteiger partial charge in [-0.05, 0) is 30.9 Å². The van der Waals surface area contributed by atoms with Crippen molar-refractivity contribution in [3.63, 3.8) is 0 Å². The van der Waals surface area contributed by atoms with Gasteiger partial charge in [-0.3, -0.25) is 4.79 Å². The van der Waals surface area contributed by atoms with Gasteiger partial charge in [0.1, 0.15) is 5.52 Å². The fraction of sp³-hybridized carbons (Fsp3) is 0.533. The number of fused-ring (bicyclic) bond motifs is 1. The van der Waals surface area contributed by atoms with Gasteiger partial charge in [-0.2, -0.15) is 0 Å². The third-order valence-corrected chi connectivity index (χ3v) is 4.96. The predicted molar refractivity (Wildman–Crippen MR) is 82.6 cm³/mol. The van der Waals surface area contributed by atoms with Crippen molar-refractivity contribution >= 4 is 28.9 Å². The lowest BCUT2D eigenvalue weighted by Gasteiger charge is -2.25. The van der Waals surface area contributed by atoms with E-state index < -0.39 is 5.97 Å². The molecule has 0 aliphatic heterocycles. The van der Waals surface area contributed by atoms with Crippen LogP contribution in [0.3, 0.4) is 0 Å². The molecule has 6 heteroatoms. The van der Waals surface area contributed by atoms with Gasteiger partial charge in [0.2, 0.25) is 0 Å². The highest BCUT2D eigenvalue weighted by atomic mass is 32.2. The second kappa shape index (κ2) is 6.05. The van der Waals surface area contributed by atoms with E-state index in [0.717, 1.165) is 40.8 Å². The van der Waals surface area contributed by atoms with Crippen molar-refractivity contribution in [1.82, 2.24) is 14.5 Å². The maximum Gasteiger partial charge on any atom is 0.313 e. The lowest BCUT2D eigenvalue weighted by Crippen LogP contribution is -2.14. The Morgan fingerprint density at radius 3 is 3.00 bits per heavy atom. The zero-order chi connectivity index (χ0) is 14.8. The first-order valence-corrected chi connectivity index (χ1v) is 8.29. The molecular weight excluding hydrogens is 286 g/mol. The fourth-order valence-electron chi connectivity index (χ4n) is 2.62. The van der Waals surface area contributed by atoms with Gasteiger partial charge >= 0.3 is 5.97 Å². The van der Waals surface area contributed by atoms with Gasteiger partial charge in [-0.25, -0.2) is 9.97 Å². The van der Waals surface area contributed by atoms with Crippen LogP contribution in [0.2, 0.25) is 0 Å². The summed E-state index contributed by atoms with van der Waals surface area (Å²) in [7, 11) is 0. The van der Waals surface area contributed by atoms with Gasteiger partial charge in [0.05, 0.1) is 5.75 Å². The molecule has 0 unspecified atom stereocenters. The molecule has 1 aliphatic carbocycles. The summed E-state index contributed by atoms with van der Waals surface area (Å²) in [4.78, 5) is 19.9. The molecule has 1 fully saturated rings. The molecule has 0 saturated heterocycles. The molecule has 0 aromatic carbocycles. The number of aromatic nitrogens is 3. The van der Waals surface area contributed by atoms with Gasteiger partial charge in [0.15, 0.2) is 10.8 Å². The SMILES string of the molecule is Cc1cnc2c(c1)nc(SCC(=O)O)n2CCC1CCC1. The molecule has 1 N–H and O–H groups in total. The van der Waals surface area contributed by atoms with E-state index in [9.17, 15) is 4.79 Å². The standard InChI is InChI=1S/C15H19N3O2S/c1-10-7-12-14(16-8-10)18(6-5-11-3-2-4-11)15(17-12)21-9-13(19)20/h7-8,11H,2-6,9H2,1H3,(H,19,20). The highest BCUT2D eigenvalue weighted by molar-refractivity contribution is 7.99. The Hall–Kier alpha value is -1.56. The number of carboxylic acid groups (broad SMARTS) is 1. The molecule has 0 spiro atoms. The van der Waals surface area contributed by atoms with Crippen LogP contribution in [-0.4, -0.2) is 31.4 Å². The van der Waals surface area contributed by atoms with Gasteiger partial charge in [0, 0.05) is 12.7 Å². The Balaban J connectivity index is 1.87. The summed E-state index contributed by atoms with van der Waals surface area (Å²) in [5, 5.41) is 9.64. The van der Waals surface area contributed by atoms with Crippen molar-refractivity contribution in [2.75, 3.05) is 5.75 Å². The number of thioether (sulfide) groups is 1. The first kappa shape index (κ1) is 14.4. The van der Waals surface area contributed by atoms with E-state index in [-0.39, 0.29) is 5.75 Å². The van der Waals surface area contributed by atoms with E-state index in [0.29, 0.717) is 0 Å². The van der Waals surface area contributed by atoms with Crippen molar-refractivity contribution < 1.29 is 9.90 Å². The molecule has 2 aromatic rings. The smallest absolute Gasteiger partial charge is 0.313 e. The van der Waals surface area contributed by atoms with E-state index in [1.54, 1.807) is 0 Å². The number of carbonyl (C=O) groups is 1. The van der Waals surface area contributed by atoms with Gasteiger partial charge in [-0.1, -0.05) is 31.0 Å². The zero-order valence-corrected chi connectivity index (χ0v) is 12.9. The lowest BCUT2D eigenvalue weighted by atomic mass is 9.83. The summed E-state index contributed by atoms with van der Waals surface area (Å²) in [5.74, 6) is 0.0260. The van der Waals surface area contributed by atoms with E-state index in [2.05, 4.69) is 14.5 Å². The molecule has 5 nitrogen and oxygen atoms in total. The summed E-state index contributed by atoms with van der Waals surface area (Å²) >= 11 is 1.28. The third-order valence-electron chi connectivity index (χ3n) is 4.00. The zero-order valence-electron chi connectivity index (χ0n) is 12.1. The topological polar surface area (TPSA) is 68.0 Å². The minimum absolute atomic E-state index is 0.0335. The van der Waals surface area contributed by atoms with Crippen LogP contribution in [-0.2, 0) is 11.3 Å². The number of aliphatic carboxylic acids is 1. The van der Waals surface area contributed by atoms with Crippen LogP contribution in [0.15, 0.2) is 17.4 Å². The lowest BCUT2D eigenvalue weighted by molar-refractivity contribution is -0.133. The summed E-state index contributed by atoms with van der Waals surface area (Å²) in [6.07, 6.45) is 6.94. The average molecular weight is 305 g/mol. The van der Waals surface area contributed by atoms with E-state index >= 15 is 0 Å². The maximum absolute atomic E-state index is 10.8. The van der Waals surface area contributed by atoms with Gasteiger partial charge in [0.25, 0.3) is 0 Å². The fourth-order valence-corrected chi connectivity index (χ4v) is 3.37. The van der Waals surface area contributed by atoms with Crippen molar-refractivity contribution in [1.29, 1.82) is 0 Å². The second-order valence-corrected chi connectivity index (χ2v) is 6.61. The van der Waals surface area contributed by atoms with Crippen LogP contribution in [0.25, 0.3) is 11.2 Å². The van der Waals surface area contributed by atoms with Crippen LogP contribution >= 0.6 is 11.8 Å². The highest BCUT2D eigenvalue weighted by Crippen LogP contribution is 2.31. The number of pyridine rings is 1. The summed E-state index contributed by atoms with van der Waals surface area (Å²) in [6, 6.07) is 2.01. The Bertz CT molecular complexity index is 664. The van der Waals surface area contributed by atoms with Gasteiger partial charge in [-0.15, -0.1) is 0 Å². The summed E-state index contributed by atoms with van der Waals surface area (Å²) in [5.41, 5.74) is 2.80. The number of aryl methyl sites for hydroxylation is 2. The number of hydrogen-bond donors (Lipinski definition) is 1. The Labute approximate surface area is 127 Å². The van der Waals surface area contributed by atoms with Crippen LogP contribution in [0.5, 0.6) is 0 Å². The molecule has 0 atom stereocenters. The number of rotatable bonds is 6.